The summed E-state index contributed by atoms with van der Waals surface area (Å²) in [4.78, 5) is 16.2. The van der Waals surface area contributed by atoms with Crippen molar-refractivity contribution in [2.75, 3.05) is 26.2 Å². The minimum Gasteiger partial charge on any atom is -0.484 e. The van der Waals surface area contributed by atoms with Crippen LogP contribution in [0.4, 0.5) is 0 Å². The molecule has 0 radical (unpaired) electrons. The third-order valence-electron chi connectivity index (χ3n) is 4.39. The highest BCUT2D eigenvalue weighted by molar-refractivity contribution is 5.79. The van der Waals surface area contributed by atoms with Crippen molar-refractivity contribution in [3.8, 4) is 5.75 Å². The molecule has 0 atom stereocenters. The Kier molecular flexibility index (Phi) is 9.71. The van der Waals surface area contributed by atoms with E-state index < -0.39 is 0 Å². The molecule has 0 aliphatic carbocycles. The van der Waals surface area contributed by atoms with E-state index in [1.807, 2.05) is 31.2 Å². The van der Waals surface area contributed by atoms with Gasteiger partial charge in [-0.2, -0.15) is 0 Å². The average molecular weight is 411 g/mol. The van der Waals surface area contributed by atoms with Gasteiger partial charge in [-0.25, -0.2) is 4.99 Å². The number of carbonyl (C=O) groups is 1. The maximum absolute atomic E-state index is 11.6. The fourth-order valence-electron chi connectivity index (χ4n) is 3.18. The maximum Gasteiger partial charge on any atom is 0.257 e. The first kappa shape index (κ1) is 23.3. The number of nitrogens with one attached hydrogen (secondary N) is 3. The van der Waals surface area contributed by atoms with Gasteiger partial charge < -0.3 is 20.7 Å². The van der Waals surface area contributed by atoms with Gasteiger partial charge in [0.25, 0.3) is 5.91 Å². The van der Waals surface area contributed by atoms with E-state index in [1.165, 1.54) is 16.7 Å². The van der Waals surface area contributed by atoms with Gasteiger partial charge in [-0.3, -0.25) is 4.79 Å². The highest BCUT2D eigenvalue weighted by atomic mass is 16.5. The van der Waals surface area contributed by atoms with Gasteiger partial charge in [0.1, 0.15) is 5.75 Å². The largest absolute Gasteiger partial charge is 0.484 e. The minimum absolute atomic E-state index is 0.0171. The molecule has 0 spiro atoms. The molecule has 30 heavy (non-hydrogen) atoms. The molecular formula is C24H34N4O2. The lowest BCUT2D eigenvalue weighted by atomic mass is 10.1. The first-order chi connectivity index (χ1) is 14.5. The Labute approximate surface area is 180 Å². The Morgan fingerprint density at radius 2 is 1.67 bits per heavy atom. The smallest absolute Gasteiger partial charge is 0.257 e. The van der Waals surface area contributed by atoms with E-state index in [0.717, 1.165) is 31.0 Å². The van der Waals surface area contributed by atoms with E-state index in [1.54, 1.807) is 0 Å². The first-order valence-electron chi connectivity index (χ1n) is 10.6. The van der Waals surface area contributed by atoms with Gasteiger partial charge in [0.2, 0.25) is 0 Å². The van der Waals surface area contributed by atoms with Crippen LogP contribution in [0.15, 0.2) is 47.5 Å². The lowest BCUT2D eigenvalue weighted by molar-refractivity contribution is -0.122. The van der Waals surface area contributed by atoms with Crippen molar-refractivity contribution in [3.05, 3.63) is 64.7 Å². The normalized spacial score (nSPS) is 11.1. The summed E-state index contributed by atoms with van der Waals surface area (Å²) in [5.41, 5.74) is 4.93. The Morgan fingerprint density at radius 3 is 2.37 bits per heavy atom. The number of aryl methyl sites for hydroxylation is 2. The highest BCUT2D eigenvalue weighted by Gasteiger charge is 2.03. The molecule has 2 aromatic rings. The Balaban J connectivity index is 1.90. The summed E-state index contributed by atoms with van der Waals surface area (Å²) in [5, 5.41) is 9.41. The maximum atomic E-state index is 11.6. The predicted octanol–water partition coefficient (Wildman–Crippen LogP) is 3.12. The number of carbonyl (C=O) groups excluding carboxylic acids is 1. The standard InChI is InChI=1S/C24H34N4O2/c1-5-25-23(29)17-30-22-9-7-8-21(15-22)16-28-24(26-6-2)27-11-10-20-13-18(3)12-19(4)14-20/h7-9,12-15H,5-6,10-11,16-17H2,1-4H3,(H,25,29)(H2,26,27,28). The summed E-state index contributed by atoms with van der Waals surface area (Å²) in [6.45, 7) is 10.9. The van der Waals surface area contributed by atoms with Gasteiger partial charge in [-0.05, 0) is 57.4 Å². The quantitative estimate of drug-likeness (QED) is 0.416. The molecule has 0 saturated carbocycles. The average Bonchev–Trinajstić information content (AvgIpc) is 2.70. The van der Waals surface area contributed by atoms with Crippen molar-refractivity contribution < 1.29 is 9.53 Å². The van der Waals surface area contributed by atoms with Crippen LogP contribution in [0.25, 0.3) is 0 Å². The Bertz CT molecular complexity index is 829. The fraction of sp³-hybridized carbons (Fsp3) is 0.417. The van der Waals surface area contributed by atoms with Gasteiger partial charge in [-0.15, -0.1) is 0 Å². The molecule has 1 amide bonds. The summed E-state index contributed by atoms with van der Waals surface area (Å²) < 4.78 is 5.56. The van der Waals surface area contributed by atoms with Crippen molar-refractivity contribution in [3.63, 3.8) is 0 Å². The monoisotopic (exact) mass is 410 g/mol. The van der Waals surface area contributed by atoms with Crippen LogP contribution in [0.1, 0.15) is 36.1 Å². The molecule has 3 N–H and O–H groups in total. The van der Waals surface area contributed by atoms with Crippen LogP contribution in [-0.2, 0) is 17.8 Å². The first-order valence-corrected chi connectivity index (χ1v) is 10.6. The van der Waals surface area contributed by atoms with Gasteiger partial charge >= 0.3 is 0 Å². The number of likely N-dealkylation sites (N-methyl/N-ethyl adjacent to an activating group) is 1. The van der Waals surface area contributed by atoms with Crippen molar-refractivity contribution in [2.24, 2.45) is 4.99 Å². The molecule has 0 unspecified atom stereocenters. The van der Waals surface area contributed by atoms with Gasteiger partial charge in [0, 0.05) is 19.6 Å². The Morgan fingerprint density at radius 1 is 0.933 bits per heavy atom. The second-order valence-corrected chi connectivity index (χ2v) is 7.26. The number of amides is 1. The van der Waals surface area contributed by atoms with Gasteiger partial charge in [-0.1, -0.05) is 41.5 Å². The number of hydrogen-bond acceptors (Lipinski definition) is 3. The van der Waals surface area contributed by atoms with Crippen LogP contribution in [-0.4, -0.2) is 38.1 Å². The van der Waals surface area contributed by atoms with Crippen molar-refractivity contribution in [2.45, 2.75) is 40.7 Å². The number of aliphatic imine (C=N–C) groups is 1. The molecular weight excluding hydrogens is 376 g/mol. The minimum atomic E-state index is -0.122. The fourth-order valence-corrected chi connectivity index (χ4v) is 3.18. The molecule has 6 nitrogen and oxygen atoms in total. The number of hydrogen-bond donors (Lipinski definition) is 3. The van der Waals surface area contributed by atoms with Crippen LogP contribution >= 0.6 is 0 Å². The third-order valence-corrected chi connectivity index (χ3v) is 4.39. The SMILES string of the molecule is CCNC(=O)COc1cccc(CN=C(NCC)NCCc2cc(C)cc(C)c2)c1. The zero-order chi connectivity index (χ0) is 21.8. The van der Waals surface area contributed by atoms with Crippen LogP contribution in [0.2, 0.25) is 0 Å². The molecule has 0 fully saturated rings. The zero-order valence-corrected chi connectivity index (χ0v) is 18.5. The van der Waals surface area contributed by atoms with E-state index in [4.69, 9.17) is 4.74 Å². The topological polar surface area (TPSA) is 74.8 Å². The summed E-state index contributed by atoms with van der Waals surface area (Å²) in [6.07, 6.45) is 0.941. The number of ether oxygens (including phenoxy) is 1. The third kappa shape index (κ3) is 8.55. The van der Waals surface area contributed by atoms with Crippen molar-refractivity contribution >= 4 is 11.9 Å². The van der Waals surface area contributed by atoms with Gasteiger partial charge in [0.15, 0.2) is 12.6 Å². The van der Waals surface area contributed by atoms with Crippen LogP contribution in [0, 0.1) is 13.8 Å². The summed E-state index contributed by atoms with van der Waals surface area (Å²) in [5.74, 6) is 1.33. The van der Waals surface area contributed by atoms with Gasteiger partial charge in [0.05, 0.1) is 6.54 Å². The van der Waals surface area contributed by atoms with E-state index in [-0.39, 0.29) is 12.5 Å². The summed E-state index contributed by atoms with van der Waals surface area (Å²) >= 11 is 0. The lowest BCUT2D eigenvalue weighted by Crippen LogP contribution is -2.38. The molecule has 0 saturated heterocycles. The second kappa shape index (κ2) is 12.5. The Hall–Kier alpha value is -3.02. The lowest BCUT2D eigenvalue weighted by Gasteiger charge is -2.12. The molecule has 0 aliphatic heterocycles. The van der Waals surface area contributed by atoms with E-state index in [0.29, 0.717) is 18.8 Å². The van der Waals surface area contributed by atoms with Crippen molar-refractivity contribution in [1.82, 2.24) is 16.0 Å². The van der Waals surface area contributed by atoms with E-state index in [2.05, 4.69) is 59.9 Å². The number of guanidine groups is 1. The second-order valence-electron chi connectivity index (χ2n) is 7.26. The number of benzene rings is 2. The van der Waals surface area contributed by atoms with Crippen molar-refractivity contribution in [1.29, 1.82) is 0 Å². The molecule has 6 heteroatoms. The van der Waals surface area contributed by atoms with Crippen LogP contribution in [0.3, 0.4) is 0 Å². The molecule has 2 rings (SSSR count). The number of rotatable bonds is 10. The van der Waals surface area contributed by atoms with Crippen LogP contribution in [0.5, 0.6) is 5.75 Å². The predicted molar refractivity (Wildman–Crippen MR) is 123 cm³/mol. The molecule has 0 heterocycles. The highest BCUT2D eigenvalue weighted by Crippen LogP contribution is 2.14. The van der Waals surface area contributed by atoms with E-state index in [9.17, 15) is 4.79 Å². The number of nitrogens with zero attached hydrogens (tertiary/aromatic N) is 1. The summed E-state index contributed by atoms with van der Waals surface area (Å²) in [6, 6.07) is 14.3. The van der Waals surface area contributed by atoms with Crippen LogP contribution < -0.4 is 20.7 Å². The molecule has 0 aromatic heterocycles. The molecule has 162 valence electrons. The van der Waals surface area contributed by atoms with E-state index >= 15 is 0 Å². The zero-order valence-electron chi connectivity index (χ0n) is 18.5. The summed E-state index contributed by atoms with van der Waals surface area (Å²) in [7, 11) is 0. The molecule has 0 aliphatic rings. The molecule has 2 aromatic carbocycles. The molecule has 0 bridgehead atoms.